The number of rotatable bonds is 6. The summed E-state index contributed by atoms with van der Waals surface area (Å²) < 4.78 is 0. The van der Waals surface area contributed by atoms with E-state index in [9.17, 15) is 10.1 Å². The summed E-state index contributed by atoms with van der Waals surface area (Å²) in [6, 6.07) is 24.4. The Labute approximate surface area is 213 Å². The molecule has 3 atom stereocenters. The highest BCUT2D eigenvalue weighted by molar-refractivity contribution is 6.14. The van der Waals surface area contributed by atoms with Gasteiger partial charge in [0, 0.05) is 34.7 Å². The van der Waals surface area contributed by atoms with E-state index in [4.69, 9.17) is 4.99 Å². The van der Waals surface area contributed by atoms with Gasteiger partial charge >= 0.3 is 0 Å². The number of fused-ring (bicyclic) bond motifs is 4. The van der Waals surface area contributed by atoms with Crippen molar-refractivity contribution < 1.29 is 4.92 Å². The zero-order valence-corrected chi connectivity index (χ0v) is 21.1. The molecule has 0 aromatic heterocycles. The van der Waals surface area contributed by atoms with Crippen LogP contribution in [0.25, 0.3) is 0 Å². The summed E-state index contributed by atoms with van der Waals surface area (Å²) in [4.78, 5) is 20.2. The number of hydrogen-bond acceptors (Lipinski definition) is 4. The highest BCUT2D eigenvalue weighted by atomic mass is 16.6. The SMILES string of the molecule is CC1[C@@H]2Cc3ccc(N=C(c4ccccc4)c4ccccc4)c([N+](=O)[O-])c3[C@@]1(C)CCN2CC1CC1. The molecule has 3 aromatic carbocycles. The van der Waals surface area contributed by atoms with E-state index in [1.165, 1.54) is 19.4 Å². The number of hydrogen-bond donors (Lipinski definition) is 0. The van der Waals surface area contributed by atoms with E-state index in [1.54, 1.807) is 0 Å². The summed E-state index contributed by atoms with van der Waals surface area (Å²) >= 11 is 0. The van der Waals surface area contributed by atoms with Crippen LogP contribution in [0.3, 0.4) is 0 Å². The van der Waals surface area contributed by atoms with Gasteiger partial charge in [-0.1, -0.05) is 80.6 Å². The number of piperidine rings is 1. The molecule has 184 valence electrons. The van der Waals surface area contributed by atoms with Crippen molar-refractivity contribution in [2.24, 2.45) is 16.8 Å². The van der Waals surface area contributed by atoms with Crippen LogP contribution in [-0.4, -0.2) is 34.7 Å². The van der Waals surface area contributed by atoms with E-state index in [1.807, 2.05) is 66.7 Å². The van der Waals surface area contributed by atoms with Crippen LogP contribution in [0.4, 0.5) is 11.4 Å². The Morgan fingerprint density at radius 3 is 2.25 bits per heavy atom. The molecule has 0 amide bonds. The van der Waals surface area contributed by atoms with Crippen molar-refractivity contribution in [3.63, 3.8) is 0 Å². The molecule has 6 rings (SSSR count). The first kappa shape index (κ1) is 23.1. The predicted molar refractivity (Wildman–Crippen MR) is 144 cm³/mol. The summed E-state index contributed by atoms with van der Waals surface area (Å²) in [7, 11) is 0. The predicted octanol–water partition coefficient (Wildman–Crippen LogP) is 6.70. The molecule has 36 heavy (non-hydrogen) atoms. The van der Waals surface area contributed by atoms with Crippen LogP contribution in [0.5, 0.6) is 0 Å². The monoisotopic (exact) mass is 479 g/mol. The molecule has 3 aliphatic rings. The Morgan fingerprint density at radius 1 is 1.03 bits per heavy atom. The van der Waals surface area contributed by atoms with Gasteiger partial charge in [-0.25, -0.2) is 4.99 Å². The van der Waals surface area contributed by atoms with Crippen molar-refractivity contribution in [1.82, 2.24) is 4.90 Å². The molecular formula is C31H33N3O2. The van der Waals surface area contributed by atoms with Crippen LogP contribution in [0.1, 0.15) is 55.4 Å². The van der Waals surface area contributed by atoms with E-state index in [-0.39, 0.29) is 16.0 Å². The Bertz CT molecular complexity index is 1270. The molecule has 5 nitrogen and oxygen atoms in total. The third-order valence-electron chi connectivity index (χ3n) is 8.91. The second kappa shape index (κ2) is 8.97. The Hall–Kier alpha value is -3.31. The number of benzene rings is 3. The van der Waals surface area contributed by atoms with E-state index in [0.717, 1.165) is 53.3 Å². The minimum Gasteiger partial charge on any atom is -0.299 e. The second-order valence-corrected chi connectivity index (χ2v) is 11.1. The van der Waals surface area contributed by atoms with Gasteiger partial charge in [-0.15, -0.1) is 0 Å². The maximum Gasteiger partial charge on any atom is 0.298 e. The number of likely N-dealkylation sites (tertiary alicyclic amines) is 1. The first-order valence-corrected chi connectivity index (χ1v) is 13.2. The van der Waals surface area contributed by atoms with E-state index >= 15 is 0 Å². The summed E-state index contributed by atoms with van der Waals surface area (Å²) in [5.74, 6) is 1.21. The smallest absolute Gasteiger partial charge is 0.298 e. The van der Waals surface area contributed by atoms with Crippen LogP contribution in [0, 0.1) is 22.0 Å². The number of nitro benzene ring substituents is 1. The van der Waals surface area contributed by atoms with Crippen molar-refractivity contribution in [1.29, 1.82) is 0 Å². The fraction of sp³-hybridized carbons (Fsp3) is 0.387. The largest absolute Gasteiger partial charge is 0.299 e. The highest BCUT2D eigenvalue weighted by Gasteiger charge is 2.52. The zero-order valence-electron chi connectivity index (χ0n) is 21.1. The first-order valence-electron chi connectivity index (χ1n) is 13.2. The third-order valence-corrected chi connectivity index (χ3v) is 8.91. The molecule has 3 aromatic rings. The van der Waals surface area contributed by atoms with Crippen molar-refractivity contribution >= 4 is 17.1 Å². The molecule has 2 fully saturated rings. The molecular weight excluding hydrogens is 446 g/mol. The standard InChI is InChI=1S/C31H33N3O2/c1-21-27-19-25-15-16-26(32-29(23-9-5-3-6-10-23)24-11-7-4-8-12-24)30(34(35)36)28(25)31(21,2)17-18-33(27)20-22-13-14-22/h3-12,15-16,21-22,27H,13-14,17-20H2,1-2H3/t21?,27-,31-/m0/s1. The summed E-state index contributed by atoms with van der Waals surface area (Å²) in [6.07, 6.45) is 4.53. The summed E-state index contributed by atoms with van der Waals surface area (Å²) in [5.41, 5.74) is 5.12. The van der Waals surface area contributed by atoms with E-state index in [0.29, 0.717) is 17.6 Å². The number of nitrogens with zero attached hydrogens (tertiary/aromatic N) is 3. The molecule has 1 saturated carbocycles. The minimum absolute atomic E-state index is 0.180. The second-order valence-electron chi connectivity index (χ2n) is 11.1. The fourth-order valence-corrected chi connectivity index (χ4v) is 6.57. The Kier molecular flexibility index (Phi) is 5.76. The van der Waals surface area contributed by atoms with E-state index in [2.05, 4.69) is 24.8 Å². The van der Waals surface area contributed by atoms with Crippen LogP contribution in [0.15, 0.2) is 77.8 Å². The number of nitro groups is 1. The first-order chi connectivity index (χ1) is 17.5. The lowest BCUT2D eigenvalue weighted by Gasteiger charge is -2.54. The van der Waals surface area contributed by atoms with Gasteiger partial charge in [0.05, 0.1) is 10.6 Å². The lowest BCUT2D eigenvalue weighted by atomic mass is 9.58. The fourth-order valence-electron chi connectivity index (χ4n) is 6.57. The summed E-state index contributed by atoms with van der Waals surface area (Å²) in [5, 5.41) is 12.7. The maximum absolute atomic E-state index is 12.7. The molecule has 0 spiro atoms. The van der Waals surface area contributed by atoms with Crippen LogP contribution in [0.2, 0.25) is 0 Å². The van der Waals surface area contributed by atoms with Gasteiger partial charge in [-0.2, -0.15) is 0 Å². The van der Waals surface area contributed by atoms with Crippen LogP contribution < -0.4 is 0 Å². The van der Waals surface area contributed by atoms with Crippen molar-refractivity contribution in [3.05, 3.63) is 105 Å². The normalized spacial score (nSPS) is 25.2. The topological polar surface area (TPSA) is 58.7 Å². The molecule has 2 bridgehead atoms. The Balaban J connectivity index is 1.50. The molecule has 2 aliphatic carbocycles. The van der Waals surface area contributed by atoms with Gasteiger partial charge in [-0.3, -0.25) is 15.0 Å². The minimum atomic E-state index is -0.230. The van der Waals surface area contributed by atoms with Crippen LogP contribution in [-0.2, 0) is 11.8 Å². The molecule has 0 radical (unpaired) electrons. The zero-order chi connectivity index (χ0) is 24.9. The van der Waals surface area contributed by atoms with E-state index < -0.39 is 0 Å². The summed E-state index contributed by atoms with van der Waals surface area (Å²) in [6.45, 7) is 6.77. The molecule has 1 unspecified atom stereocenters. The number of aliphatic imine (C=N–C) groups is 1. The lowest BCUT2D eigenvalue weighted by molar-refractivity contribution is -0.385. The van der Waals surface area contributed by atoms with Gasteiger partial charge in [0.2, 0.25) is 0 Å². The molecule has 0 N–H and O–H groups in total. The Morgan fingerprint density at radius 2 is 1.67 bits per heavy atom. The highest BCUT2D eigenvalue weighted by Crippen LogP contribution is 2.54. The van der Waals surface area contributed by atoms with Gasteiger partial charge in [0.1, 0.15) is 5.69 Å². The molecule has 1 heterocycles. The van der Waals surface area contributed by atoms with Gasteiger partial charge in [0.25, 0.3) is 5.69 Å². The molecule has 5 heteroatoms. The van der Waals surface area contributed by atoms with Crippen molar-refractivity contribution in [2.45, 2.75) is 51.0 Å². The van der Waals surface area contributed by atoms with Gasteiger partial charge in [-0.05, 0) is 55.7 Å². The van der Waals surface area contributed by atoms with Crippen molar-refractivity contribution in [3.8, 4) is 0 Å². The molecule has 1 saturated heterocycles. The van der Waals surface area contributed by atoms with Crippen LogP contribution >= 0.6 is 0 Å². The average Bonchev–Trinajstić information content (AvgIpc) is 3.71. The lowest BCUT2D eigenvalue weighted by Crippen LogP contribution is -2.58. The quantitative estimate of drug-likeness (QED) is 0.225. The van der Waals surface area contributed by atoms with Gasteiger partial charge in [0.15, 0.2) is 0 Å². The van der Waals surface area contributed by atoms with Gasteiger partial charge < -0.3 is 0 Å². The maximum atomic E-state index is 12.7. The average molecular weight is 480 g/mol. The van der Waals surface area contributed by atoms with Crippen molar-refractivity contribution in [2.75, 3.05) is 13.1 Å². The molecule has 1 aliphatic heterocycles. The third kappa shape index (κ3) is 3.96.